The number of unbranched alkanes of at least 4 members (excludes halogenated alkanes) is 16. The summed E-state index contributed by atoms with van der Waals surface area (Å²) in [5.41, 5.74) is 0. The van der Waals surface area contributed by atoms with Gasteiger partial charge in [-0.2, -0.15) is 0 Å². The standard InChI is InChI=1S/C42H64Cl2O4/c1-5-9-13-17-21-27-45-37-25-26-38(46-28-22-18-14-10-6-2)40-39(37)41(47-29-23-19-15-11-7-3)33-31-35(43)36(44)32-34(33)42(40)48-30-24-20-16-12-8-4/h25-26,31-32H,5-24,27-30H2,1-4H3. The fourth-order valence-electron chi connectivity index (χ4n) is 6.28. The Balaban J connectivity index is 2.12. The first-order valence-corrected chi connectivity index (χ1v) is 20.2. The second-order valence-electron chi connectivity index (χ2n) is 13.3. The summed E-state index contributed by atoms with van der Waals surface area (Å²) in [6.45, 7) is 11.5. The summed E-state index contributed by atoms with van der Waals surface area (Å²) in [7, 11) is 0. The zero-order valence-electron chi connectivity index (χ0n) is 30.7. The molecule has 0 fully saturated rings. The average Bonchev–Trinajstić information content (AvgIpc) is 3.09. The Morgan fingerprint density at radius 1 is 0.396 bits per heavy atom. The van der Waals surface area contributed by atoms with Gasteiger partial charge in [0.1, 0.15) is 23.0 Å². The molecule has 0 N–H and O–H groups in total. The first-order chi connectivity index (χ1) is 23.6. The van der Waals surface area contributed by atoms with Gasteiger partial charge in [-0.15, -0.1) is 0 Å². The van der Waals surface area contributed by atoms with Gasteiger partial charge < -0.3 is 18.9 Å². The average molecular weight is 704 g/mol. The normalized spacial score (nSPS) is 11.5. The molecule has 0 radical (unpaired) electrons. The van der Waals surface area contributed by atoms with Crippen molar-refractivity contribution in [1.82, 2.24) is 0 Å². The quantitative estimate of drug-likeness (QED) is 0.0557. The smallest absolute Gasteiger partial charge is 0.139 e. The molecule has 0 aliphatic rings. The van der Waals surface area contributed by atoms with Crippen molar-refractivity contribution >= 4 is 44.7 Å². The molecule has 0 bridgehead atoms. The second kappa shape index (κ2) is 24.2. The highest BCUT2D eigenvalue weighted by Gasteiger charge is 2.24. The summed E-state index contributed by atoms with van der Waals surface area (Å²) in [5.74, 6) is 3.16. The van der Waals surface area contributed by atoms with E-state index in [9.17, 15) is 0 Å². The van der Waals surface area contributed by atoms with Gasteiger partial charge in [-0.1, -0.05) is 154 Å². The van der Waals surface area contributed by atoms with Crippen LogP contribution in [0.3, 0.4) is 0 Å². The third kappa shape index (κ3) is 13.0. The maximum absolute atomic E-state index is 6.76. The van der Waals surface area contributed by atoms with Crippen LogP contribution in [0.25, 0.3) is 21.5 Å². The number of halogens is 2. The van der Waals surface area contributed by atoms with E-state index in [0.717, 1.165) is 95.9 Å². The molecule has 3 aromatic rings. The highest BCUT2D eigenvalue weighted by atomic mass is 35.5. The molecule has 48 heavy (non-hydrogen) atoms. The van der Waals surface area contributed by atoms with Crippen molar-refractivity contribution < 1.29 is 18.9 Å². The van der Waals surface area contributed by atoms with Gasteiger partial charge in [-0.05, 0) is 49.9 Å². The SMILES string of the molecule is CCCCCCCOc1ccc(OCCCCCCC)c2c(OCCCCCCC)c3cc(Cl)c(Cl)cc3c(OCCCCCCC)c12. The van der Waals surface area contributed by atoms with Crippen LogP contribution in [0.5, 0.6) is 23.0 Å². The van der Waals surface area contributed by atoms with Crippen LogP contribution in [0.2, 0.25) is 10.0 Å². The second-order valence-corrected chi connectivity index (χ2v) is 14.1. The topological polar surface area (TPSA) is 36.9 Å². The molecule has 0 aromatic heterocycles. The van der Waals surface area contributed by atoms with Crippen molar-refractivity contribution in [1.29, 1.82) is 0 Å². The van der Waals surface area contributed by atoms with Gasteiger partial charge in [0.2, 0.25) is 0 Å². The van der Waals surface area contributed by atoms with Gasteiger partial charge in [0.05, 0.1) is 47.2 Å². The van der Waals surface area contributed by atoms with Gasteiger partial charge in [0, 0.05) is 10.8 Å². The van der Waals surface area contributed by atoms with Crippen molar-refractivity contribution in [3.05, 3.63) is 34.3 Å². The number of hydrogen-bond donors (Lipinski definition) is 0. The Morgan fingerprint density at radius 3 is 1.00 bits per heavy atom. The molecule has 6 heteroatoms. The molecule has 0 amide bonds. The van der Waals surface area contributed by atoms with E-state index in [-0.39, 0.29) is 0 Å². The van der Waals surface area contributed by atoms with Crippen molar-refractivity contribution in [3.63, 3.8) is 0 Å². The van der Waals surface area contributed by atoms with Gasteiger partial charge in [-0.3, -0.25) is 0 Å². The maximum atomic E-state index is 6.76. The third-order valence-electron chi connectivity index (χ3n) is 9.13. The predicted octanol–water partition coefficient (Wildman–Crippen LogP) is 14.7. The summed E-state index contributed by atoms with van der Waals surface area (Å²) in [6, 6.07) is 8.00. The highest BCUT2D eigenvalue weighted by molar-refractivity contribution is 6.43. The summed E-state index contributed by atoms with van der Waals surface area (Å²) in [6.07, 6.45) is 23.4. The Hall–Kier alpha value is -2.04. The van der Waals surface area contributed by atoms with E-state index in [4.69, 9.17) is 42.1 Å². The summed E-state index contributed by atoms with van der Waals surface area (Å²) in [4.78, 5) is 0. The summed E-state index contributed by atoms with van der Waals surface area (Å²) in [5, 5.41) is 4.62. The zero-order chi connectivity index (χ0) is 34.4. The van der Waals surface area contributed by atoms with Crippen LogP contribution in [0, 0.1) is 0 Å². The summed E-state index contributed by atoms with van der Waals surface area (Å²) >= 11 is 13.4. The van der Waals surface area contributed by atoms with Gasteiger partial charge in [0.15, 0.2) is 0 Å². The molecule has 0 aliphatic carbocycles. The third-order valence-corrected chi connectivity index (χ3v) is 9.85. The zero-order valence-corrected chi connectivity index (χ0v) is 32.2. The van der Waals surface area contributed by atoms with Crippen LogP contribution >= 0.6 is 23.2 Å². The van der Waals surface area contributed by atoms with E-state index in [1.165, 1.54) is 77.0 Å². The van der Waals surface area contributed by atoms with E-state index in [0.29, 0.717) is 36.5 Å². The monoisotopic (exact) mass is 702 g/mol. The number of hydrogen-bond acceptors (Lipinski definition) is 4. The number of rotatable bonds is 28. The van der Waals surface area contributed by atoms with E-state index < -0.39 is 0 Å². The molecule has 0 heterocycles. The van der Waals surface area contributed by atoms with Crippen LogP contribution < -0.4 is 18.9 Å². The number of fused-ring (bicyclic) bond motifs is 2. The molecule has 0 saturated carbocycles. The van der Waals surface area contributed by atoms with E-state index in [1.54, 1.807) is 0 Å². The molecule has 3 aromatic carbocycles. The number of ether oxygens (including phenoxy) is 4. The minimum Gasteiger partial charge on any atom is -0.493 e. The molecule has 0 spiro atoms. The lowest BCUT2D eigenvalue weighted by Gasteiger charge is -2.22. The van der Waals surface area contributed by atoms with Gasteiger partial charge >= 0.3 is 0 Å². The van der Waals surface area contributed by atoms with Gasteiger partial charge in [0.25, 0.3) is 0 Å². The molecule has 270 valence electrons. The lowest BCUT2D eigenvalue weighted by molar-refractivity contribution is 0.291. The van der Waals surface area contributed by atoms with Crippen molar-refractivity contribution in [2.45, 2.75) is 156 Å². The molecular formula is C42H64Cl2O4. The molecule has 0 aliphatic heterocycles. The largest absolute Gasteiger partial charge is 0.493 e. The van der Waals surface area contributed by atoms with E-state index in [1.807, 2.05) is 12.1 Å². The van der Waals surface area contributed by atoms with Crippen LogP contribution in [0.1, 0.15) is 156 Å². The predicted molar refractivity (Wildman–Crippen MR) is 208 cm³/mol. The van der Waals surface area contributed by atoms with Crippen LogP contribution in [-0.2, 0) is 0 Å². The van der Waals surface area contributed by atoms with E-state index >= 15 is 0 Å². The molecule has 3 rings (SSSR count). The van der Waals surface area contributed by atoms with Crippen molar-refractivity contribution in [3.8, 4) is 23.0 Å². The van der Waals surface area contributed by atoms with Crippen molar-refractivity contribution in [2.24, 2.45) is 0 Å². The molecule has 0 saturated heterocycles. The Morgan fingerprint density at radius 2 is 0.688 bits per heavy atom. The fourth-order valence-corrected chi connectivity index (χ4v) is 6.61. The van der Waals surface area contributed by atoms with Gasteiger partial charge in [-0.25, -0.2) is 0 Å². The van der Waals surface area contributed by atoms with Crippen LogP contribution in [0.4, 0.5) is 0 Å². The Bertz CT molecular complexity index is 1220. The summed E-state index contributed by atoms with van der Waals surface area (Å²) < 4.78 is 26.7. The van der Waals surface area contributed by atoms with Crippen LogP contribution in [-0.4, -0.2) is 26.4 Å². The molecular weight excluding hydrogens is 639 g/mol. The lowest BCUT2D eigenvalue weighted by Crippen LogP contribution is -2.06. The maximum Gasteiger partial charge on any atom is 0.139 e. The molecule has 0 atom stereocenters. The Kier molecular flexibility index (Phi) is 20.3. The minimum atomic E-state index is 0.500. The highest BCUT2D eigenvalue weighted by Crippen LogP contribution is 2.51. The number of benzene rings is 3. The van der Waals surface area contributed by atoms with Crippen LogP contribution in [0.15, 0.2) is 24.3 Å². The minimum absolute atomic E-state index is 0.500. The lowest BCUT2D eigenvalue weighted by atomic mass is 9.98. The van der Waals surface area contributed by atoms with E-state index in [2.05, 4.69) is 39.8 Å². The molecule has 0 unspecified atom stereocenters. The fraction of sp³-hybridized carbons (Fsp3) is 0.667. The Labute approximate surface area is 302 Å². The van der Waals surface area contributed by atoms with Crippen molar-refractivity contribution in [2.75, 3.05) is 26.4 Å². The molecule has 4 nitrogen and oxygen atoms in total. The first kappa shape index (κ1) is 40.4. The first-order valence-electron chi connectivity index (χ1n) is 19.5.